The van der Waals surface area contributed by atoms with Crippen LogP contribution >= 0.6 is 0 Å². The van der Waals surface area contributed by atoms with Crippen LogP contribution in [0.25, 0.3) is 0 Å². The molecule has 1 aromatic carbocycles. The third-order valence-electron chi connectivity index (χ3n) is 4.05. The van der Waals surface area contributed by atoms with E-state index in [1.807, 2.05) is 30.3 Å². The SMILES string of the molecule is CC1CC(C#N)(Nc2ccccc2)CN1C1CC1. The molecule has 2 aliphatic rings. The summed E-state index contributed by atoms with van der Waals surface area (Å²) >= 11 is 0. The first-order chi connectivity index (χ1) is 8.72. The van der Waals surface area contributed by atoms with Crippen LogP contribution in [0.5, 0.6) is 0 Å². The third-order valence-corrected chi connectivity index (χ3v) is 4.05. The molecule has 94 valence electrons. The summed E-state index contributed by atoms with van der Waals surface area (Å²) < 4.78 is 0. The number of hydrogen-bond acceptors (Lipinski definition) is 3. The number of nitriles is 1. The van der Waals surface area contributed by atoms with Crippen molar-refractivity contribution in [2.45, 2.75) is 43.8 Å². The Labute approximate surface area is 108 Å². The van der Waals surface area contributed by atoms with Gasteiger partial charge in [0.1, 0.15) is 5.54 Å². The molecule has 0 aromatic heterocycles. The molecule has 3 heteroatoms. The van der Waals surface area contributed by atoms with E-state index in [1.54, 1.807) is 0 Å². The lowest BCUT2D eigenvalue weighted by Crippen LogP contribution is -2.40. The average Bonchev–Trinajstić information content (AvgIpc) is 3.17. The zero-order valence-electron chi connectivity index (χ0n) is 10.8. The Bertz CT molecular complexity index is 460. The van der Waals surface area contributed by atoms with E-state index >= 15 is 0 Å². The van der Waals surface area contributed by atoms with Gasteiger partial charge in [-0.2, -0.15) is 5.26 Å². The molecule has 3 rings (SSSR count). The van der Waals surface area contributed by atoms with E-state index in [4.69, 9.17) is 0 Å². The smallest absolute Gasteiger partial charge is 0.139 e. The van der Waals surface area contributed by atoms with Crippen LogP contribution in [0.4, 0.5) is 5.69 Å². The van der Waals surface area contributed by atoms with Crippen molar-refractivity contribution in [3.8, 4) is 6.07 Å². The summed E-state index contributed by atoms with van der Waals surface area (Å²) in [6.45, 7) is 3.09. The summed E-state index contributed by atoms with van der Waals surface area (Å²) in [4.78, 5) is 2.50. The van der Waals surface area contributed by atoms with Gasteiger partial charge in [0, 0.05) is 30.7 Å². The summed E-state index contributed by atoms with van der Waals surface area (Å²) in [7, 11) is 0. The second kappa shape index (κ2) is 4.29. The highest BCUT2D eigenvalue weighted by Gasteiger charge is 2.47. The molecule has 1 aliphatic carbocycles. The largest absolute Gasteiger partial charge is 0.366 e. The lowest BCUT2D eigenvalue weighted by atomic mass is 9.98. The van der Waals surface area contributed by atoms with Gasteiger partial charge in [-0.15, -0.1) is 0 Å². The molecule has 1 aliphatic heterocycles. The molecule has 1 heterocycles. The summed E-state index contributed by atoms with van der Waals surface area (Å²) in [5.74, 6) is 0. The van der Waals surface area contributed by atoms with E-state index in [1.165, 1.54) is 12.8 Å². The normalized spacial score (nSPS) is 32.1. The fourth-order valence-corrected chi connectivity index (χ4v) is 3.05. The second-order valence-corrected chi connectivity index (χ2v) is 5.64. The summed E-state index contributed by atoms with van der Waals surface area (Å²) in [5, 5.41) is 13.0. The molecule has 1 aromatic rings. The summed E-state index contributed by atoms with van der Waals surface area (Å²) in [6, 6.07) is 13.8. The minimum atomic E-state index is -0.413. The molecule has 18 heavy (non-hydrogen) atoms. The van der Waals surface area contributed by atoms with Crippen molar-refractivity contribution in [2.75, 3.05) is 11.9 Å². The minimum Gasteiger partial charge on any atom is -0.366 e. The van der Waals surface area contributed by atoms with Crippen LogP contribution in [-0.2, 0) is 0 Å². The number of anilines is 1. The molecule has 1 saturated carbocycles. The first-order valence-corrected chi connectivity index (χ1v) is 6.73. The van der Waals surface area contributed by atoms with E-state index in [9.17, 15) is 5.26 Å². The maximum atomic E-state index is 9.58. The number of rotatable bonds is 3. The molecule has 0 spiro atoms. The number of likely N-dealkylation sites (tertiary alicyclic amines) is 1. The Hall–Kier alpha value is -1.53. The zero-order valence-corrected chi connectivity index (χ0v) is 10.8. The maximum absolute atomic E-state index is 9.58. The average molecular weight is 241 g/mol. The van der Waals surface area contributed by atoms with Crippen molar-refractivity contribution in [1.82, 2.24) is 4.90 Å². The molecule has 1 saturated heterocycles. The number of hydrogen-bond donors (Lipinski definition) is 1. The van der Waals surface area contributed by atoms with Gasteiger partial charge in [0.05, 0.1) is 6.07 Å². The van der Waals surface area contributed by atoms with Crippen molar-refractivity contribution in [3.05, 3.63) is 30.3 Å². The fourth-order valence-electron chi connectivity index (χ4n) is 3.05. The van der Waals surface area contributed by atoms with Gasteiger partial charge in [-0.3, -0.25) is 4.90 Å². The van der Waals surface area contributed by atoms with Crippen molar-refractivity contribution < 1.29 is 0 Å². The van der Waals surface area contributed by atoms with Crippen LogP contribution in [0.1, 0.15) is 26.2 Å². The van der Waals surface area contributed by atoms with Crippen LogP contribution in [0.2, 0.25) is 0 Å². The van der Waals surface area contributed by atoms with Gasteiger partial charge in [-0.25, -0.2) is 0 Å². The molecule has 2 fully saturated rings. The predicted molar refractivity (Wildman–Crippen MR) is 72.2 cm³/mol. The molecule has 0 radical (unpaired) electrons. The van der Waals surface area contributed by atoms with E-state index in [0.717, 1.165) is 24.7 Å². The van der Waals surface area contributed by atoms with Crippen LogP contribution in [0, 0.1) is 11.3 Å². The van der Waals surface area contributed by atoms with E-state index < -0.39 is 5.54 Å². The van der Waals surface area contributed by atoms with Gasteiger partial charge >= 0.3 is 0 Å². The van der Waals surface area contributed by atoms with E-state index in [0.29, 0.717) is 6.04 Å². The van der Waals surface area contributed by atoms with Crippen LogP contribution in [0.3, 0.4) is 0 Å². The number of nitrogens with zero attached hydrogens (tertiary/aromatic N) is 2. The Balaban J connectivity index is 1.77. The predicted octanol–water partition coefficient (Wildman–Crippen LogP) is 2.62. The van der Waals surface area contributed by atoms with Gasteiger partial charge in [-0.05, 0) is 31.9 Å². The van der Waals surface area contributed by atoms with Crippen LogP contribution < -0.4 is 5.32 Å². The van der Waals surface area contributed by atoms with Crippen molar-refractivity contribution >= 4 is 5.69 Å². The third kappa shape index (κ3) is 2.09. The fraction of sp³-hybridized carbons (Fsp3) is 0.533. The summed E-state index contributed by atoms with van der Waals surface area (Å²) in [6.07, 6.45) is 3.52. The highest BCUT2D eigenvalue weighted by Crippen LogP contribution is 2.38. The van der Waals surface area contributed by atoms with E-state index in [2.05, 4.69) is 23.2 Å². The van der Waals surface area contributed by atoms with Crippen molar-refractivity contribution in [2.24, 2.45) is 0 Å². The van der Waals surface area contributed by atoms with Crippen LogP contribution in [0.15, 0.2) is 30.3 Å². The topological polar surface area (TPSA) is 39.1 Å². The first kappa shape index (κ1) is 11.6. The first-order valence-electron chi connectivity index (χ1n) is 6.73. The van der Waals surface area contributed by atoms with Gasteiger partial charge < -0.3 is 5.32 Å². The standard InChI is InChI=1S/C15H19N3/c1-12-9-15(10-16,11-18(12)14-7-8-14)17-13-5-3-2-4-6-13/h2-6,12,14,17H,7-9,11H2,1H3. The Morgan fingerprint density at radius 1 is 1.33 bits per heavy atom. The maximum Gasteiger partial charge on any atom is 0.139 e. The lowest BCUT2D eigenvalue weighted by molar-refractivity contribution is 0.255. The zero-order chi connectivity index (χ0) is 12.6. The van der Waals surface area contributed by atoms with Gasteiger partial charge in [0.25, 0.3) is 0 Å². The molecule has 2 unspecified atom stereocenters. The van der Waals surface area contributed by atoms with E-state index in [-0.39, 0.29) is 0 Å². The van der Waals surface area contributed by atoms with Crippen molar-refractivity contribution in [1.29, 1.82) is 5.26 Å². The molecular weight excluding hydrogens is 222 g/mol. The highest BCUT2D eigenvalue weighted by atomic mass is 15.3. The Morgan fingerprint density at radius 2 is 2.06 bits per heavy atom. The molecule has 1 N–H and O–H groups in total. The number of para-hydroxylation sites is 1. The van der Waals surface area contributed by atoms with Crippen molar-refractivity contribution in [3.63, 3.8) is 0 Å². The number of benzene rings is 1. The minimum absolute atomic E-state index is 0.413. The molecule has 2 atom stereocenters. The molecule has 0 bridgehead atoms. The Kier molecular flexibility index (Phi) is 2.76. The van der Waals surface area contributed by atoms with Gasteiger partial charge in [-0.1, -0.05) is 18.2 Å². The quantitative estimate of drug-likeness (QED) is 0.884. The Morgan fingerprint density at radius 3 is 2.67 bits per heavy atom. The lowest BCUT2D eigenvalue weighted by Gasteiger charge is -2.24. The van der Waals surface area contributed by atoms with Gasteiger partial charge in [0.15, 0.2) is 0 Å². The molecule has 3 nitrogen and oxygen atoms in total. The monoisotopic (exact) mass is 241 g/mol. The highest BCUT2D eigenvalue weighted by molar-refractivity contribution is 5.48. The summed E-state index contributed by atoms with van der Waals surface area (Å²) in [5.41, 5.74) is 0.632. The number of nitrogens with one attached hydrogen (secondary N) is 1. The van der Waals surface area contributed by atoms with Gasteiger partial charge in [0.2, 0.25) is 0 Å². The molecule has 0 amide bonds. The van der Waals surface area contributed by atoms with Crippen LogP contribution in [-0.4, -0.2) is 29.1 Å². The second-order valence-electron chi connectivity index (χ2n) is 5.64. The molecular formula is C15H19N3.